The molecule has 2 heterocycles. The molecule has 2 aliphatic heterocycles. The average molecular weight is 371 g/mol. The molecule has 2 aliphatic rings. The fourth-order valence-electron chi connectivity index (χ4n) is 3.64. The quantitative estimate of drug-likeness (QED) is 0.854. The number of amides is 1. The molecule has 1 N–H and O–H groups in total. The number of carbonyl (C=O) groups excluding carboxylic acids is 1. The predicted molar refractivity (Wildman–Crippen MR) is 98.0 cm³/mol. The summed E-state index contributed by atoms with van der Waals surface area (Å²) in [6, 6.07) is 5.56. The lowest BCUT2D eigenvalue weighted by molar-refractivity contribution is -0.119. The van der Waals surface area contributed by atoms with Crippen molar-refractivity contribution in [2.24, 2.45) is 5.92 Å². The lowest BCUT2D eigenvalue weighted by Gasteiger charge is -2.27. The third-order valence-corrected chi connectivity index (χ3v) is 5.67. The molecule has 1 aromatic rings. The lowest BCUT2D eigenvalue weighted by atomic mass is 9.93. The molecule has 0 radical (unpaired) electrons. The van der Waals surface area contributed by atoms with Gasteiger partial charge in [-0.05, 0) is 56.7 Å². The first-order valence-electron chi connectivity index (χ1n) is 8.65. The summed E-state index contributed by atoms with van der Waals surface area (Å²) in [6.45, 7) is 4.61. The first-order chi connectivity index (χ1) is 11.5. The van der Waals surface area contributed by atoms with E-state index in [9.17, 15) is 4.79 Å². The molecule has 4 nitrogen and oxygen atoms in total. The Labute approximate surface area is 153 Å². The molecular formula is C18H24Cl2N2O2. The van der Waals surface area contributed by atoms with Crippen molar-refractivity contribution in [1.82, 2.24) is 5.32 Å². The van der Waals surface area contributed by atoms with Gasteiger partial charge < -0.3 is 15.0 Å². The fourth-order valence-corrected chi connectivity index (χ4v) is 3.93. The highest BCUT2D eigenvalue weighted by Crippen LogP contribution is 2.30. The number of rotatable bonds is 5. The van der Waals surface area contributed by atoms with Crippen LogP contribution in [0.25, 0.3) is 0 Å². The molecule has 0 aliphatic carbocycles. The normalized spacial score (nSPS) is 23.7. The summed E-state index contributed by atoms with van der Waals surface area (Å²) in [5.74, 6) is 0.816. The molecule has 2 atom stereocenters. The molecule has 132 valence electrons. The number of ether oxygens (including phenoxy) is 1. The first kappa shape index (κ1) is 18.0. The predicted octanol–water partition coefficient (Wildman–Crippen LogP) is 3.89. The summed E-state index contributed by atoms with van der Waals surface area (Å²) < 4.78 is 5.41. The zero-order valence-corrected chi connectivity index (χ0v) is 15.4. The molecule has 0 saturated carbocycles. The number of hydrogen-bond donors (Lipinski definition) is 1. The molecule has 2 saturated heterocycles. The highest BCUT2D eigenvalue weighted by molar-refractivity contribution is 6.42. The van der Waals surface area contributed by atoms with E-state index in [0.717, 1.165) is 44.6 Å². The van der Waals surface area contributed by atoms with Crippen LogP contribution in [-0.2, 0) is 9.53 Å². The highest BCUT2D eigenvalue weighted by atomic mass is 35.5. The van der Waals surface area contributed by atoms with Gasteiger partial charge in [-0.3, -0.25) is 4.79 Å². The number of nitrogens with one attached hydrogen (secondary N) is 1. The van der Waals surface area contributed by atoms with E-state index < -0.39 is 0 Å². The SMILES string of the molecule is C[C@@H](CC1CCOCC1)N[C@@H]1CCN(c2ccc(Cl)c(Cl)c2)C1=O. The van der Waals surface area contributed by atoms with Gasteiger partial charge in [0.1, 0.15) is 0 Å². The molecule has 1 amide bonds. The molecule has 0 spiro atoms. The van der Waals surface area contributed by atoms with Crippen LogP contribution in [-0.4, -0.2) is 37.7 Å². The summed E-state index contributed by atoms with van der Waals surface area (Å²) in [4.78, 5) is 14.5. The standard InChI is InChI=1S/C18H24Cl2N2O2/c1-12(10-13-5-8-24-9-6-13)21-17-4-7-22(18(17)23)14-2-3-15(19)16(20)11-14/h2-3,11-13,17,21H,4-10H2,1H3/t12-,17+/m0/s1. The Morgan fingerprint density at radius 2 is 2.00 bits per heavy atom. The second-order valence-corrected chi connectivity index (χ2v) is 7.60. The first-order valence-corrected chi connectivity index (χ1v) is 9.40. The van der Waals surface area contributed by atoms with E-state index in [1.54, 1.807) is 17.0 Å². The maximum absolute atomic E-state index is 12.7. The summed E-state index contributed by atoms with van der Waals surface area (Å²) in [5, 5.41) is 4.49. The van der Waals surface area contributed by atoms with Crippen LogP contribution in [0.5, 0.6) is 0 Å². The highest BCUT2D eigenvalue weighted by Gasteiger charge is 2.33. The third-order valence-electron chi connectivity index (χ3n) is 4.93. The van der Waals surface area contributed by atoms with E-state index >= 15 is 0 Å². The Morgan fingerprint density at radius 3 is 2.71 bits per heavy atom. The van der Waals surface area contributed by atoms with E-state index in [1.807, 2.05) is 6.07 Å². The maximum atomic E-state index is 12.7. The Balaban J connectivity index is 1.56. The zero-order chi connectivity index (χ0) is 17.1. The van der Waals surface area contributed by atoms with Crippen molar-refractivity contribution < 1.29 is 9.53 Å². The third kappa shape index (κ3) is 4.23. The second kappa shape index (κ2) is 8.05. The molecule has 2 fully saturated rings. The molecular weight excluding hydrogens is 347 g/mol. The van der Waals surface area contributed by atoms with Crippen molar-refractivity contribution >= 4 is 34.8 Å². The molecule has 1 aromatic carbocycles. The zero-order valence-electron chi connectivity index (χ0n) is 13.9. The van der Waals surface area contributed by atoms with Crippen LogP contribution in [0.4, 0.5) is 5.69 Å². The van der Waals surface area contributed by atoms with Gasteiger partial charge in [0.15, 0.2) is 0 Å². The van der Waals surface area contributed by atoms with Gasteiger partial charge in [-0.15, -0.1) is 0 Å². The lowest BCUT2D eigenvalue weighted by Crippen LogP contribution is -2.43. The molecule has 0 aromatic heterocycles. The molecule has 0 unspecified atom stereocenters. The molecule has 24 heavy (non-hydrogen) atoms. The van der Waals surface area contributed by atoms with Gasteiger partial charge in [-0.2, -0.15) is 0 Å². The molecule has 6 heteroatoms. The van der Waals surface area contributed by atoms with Crippen LogP contribution in [0.15, 0.2) is 18.2 Å². The minimum Gasteiger partial charge on any atom is -0.381 e. The summed E-state index contributed by atoms with van der Waals surface area (Å²) >= 11 is 12.0. The number of benzene rings is 1. The van der Waals surface area contributed by atoms with Crippen LogP contribution < -0.4 is 10.2 Å². The van der Waals surface area contributed by atoms with Crippen LogP contribution in [0.1, 0.15) is 32.6 Å². The van der Waals surface area contributed by atoms with Crippen molar-refractivity contribution in [3.05, 3.63) is 28.2 Å². The number of nitrogens with zero attached hydrogens (tertiary/aromatic N) is 1. The van der Waals surface area contributed by atoms with Gasteiger partial charge in [0.2, 0.25) is 5.91 Å². The number of carbonyl (C=O) groups is 1. The summed E-state index contributed by atoms with van der Waals surface area (Å²) in [7, 11) is 0. The van der Waals surface area contributed by atoms with Gasteiger partial charge in [0.05, 0.1) is 16.1 Å². The van der Waals surface area contributed by atoms with Crippen molar-refractivity contribution in [1.29, 1.82) is 0 Å². The minimum absolute atomic E-state index is 0.116. The van der Waals surface area contributed by atoms with E-state index in [0.29, 0.717) is 28.5 Å². The van der Waals surface area contributed by atoms with Crippen LogP contribution in [0.3, 0.4) is 0 Å². The monoisotopic (exact) mass is 370 g/mol. The van der Waals surface area contributed by atoms with E-state index in [1.165, 1.54) is 0 Å². The Morgan fingerprint density at radius 1 is 1.25 bits per heavy atom. The maximum Gasteiger partial charge on any atom is 0.244 e. The van der Waals surface area contributed by atoms with E-state index in [-0.39, 0.29) is 11.9 Å². The van der Waals surface area contributed by atoms with Crippen LogP contribution in [0, 0.1) is 5.92 Å². The van der Waals surface area contributed by atoms with Gasteiger partial charge in [0.25, 0.3) is 0 Å². The Bertz CT molecular complexity index is 590. The van der Waals surface area contributed by atoms with Gasteiger partial charge in [-0.1, -0.05) is 23.2 Å². The van der Waals surface area contributed by atoms with Crippen LogP contribution >= 0.6 is 23.2 Å². The van der Waals surface area contributed by atoms with Gasteiger partial charge in [-0.25, -0.2) is 0 Å². The average Bonchev–Trinajstić information content (AvgIpc) is 2.92. The van der Waals surface area contributed by atoms with Crippen LogP contribution in [0.2, 0.25) is 10.0 Å². The van der Waals surface area contributed by atoms with Crippen molar-refractivity contribution in [2.75, 3.05) is 24.7 Å². The topological polar surface area (TPSA) is 41.6 Å². The van der Waals surface area contributed by atoms with Gasteiger partial charge >= 0.3 is 0 Å². The minimum atomic E-state index is -0.116. The number of halogens is 2. The van der Waals surface area contributed by atoms with Crippen molar-refractivity contribution in [2.45, 2.75) is 44.7 Å². The van der Waals surface area contributed by atoms with Crippen molar-refractivity contribution in [3.63, 3.8) is 0 Å². The Hall–Kier alpha value is -0.810. The molecule has 3 rings (SSSR count). The Kier molecular flexibility index (Phi) is 6.03. The largest absolute Gasteiger partial charge is 0.381 e. The van der Waals surface area contributed by atoms with Gasteiger partial charge in [0, 0.05) is 31.5 Å². The summed E-state index contributed by atoms with van der Waals surface area (Å²) in [5.41, 5.74) is 0.816. The second-order valence-electron chi connectivity index (χ2n) is 6.79. The fraction of sp³-hybridized carbons (Fsp3) is 0.611. The van der Waals surface area contributed by atoms with Crippen molar-refractivity contribution in [3.8, 4) is 0 Å². The summed E-state index contributed by atoms with van der Waals surface area (Å²) in [6.07, 6.45) is 4.16. The molecule has 0 bridgehead atoms. The van der Waals surface area contributed by atoms with E-state index in [4.69, 9.17) is 27.9 Å². The number of anilines is 1. The number of hydrogen-bond acceptors (Lipinski definition) is 3. The smallest absolute Gasteiger partial charge is 0.244 e. The van der Waals surface area contributed by atoms with E-state index in [2.05, 4.69) is 12.2 Å².